The van der Waals surface area contributed by atoms with E-state index in [1.165, 1.54) is 25.6 Å². The topological polar surface area (TPSA) is 113 Å². The average molecular weight is 520 g/mol. The Labute approximate surface area is 219 Å². The molecule has 0 fully saturated rings. The first-order valence-electron chi connectivity index (χ1n) is 11.8. The second kappa shape index (κ2) is 12.0. The molecule has 37 heavy (non-hydrogen) atoms. The van der Waals surface area contributed by atoms with Crippen LogP contribution in [-0.2, 0) is 23.8 Å². The van der Waals surface area contributed by atoms with Gasteiger partial charge in [-0.15, -0.1) is 11.3 Å². The molecular formula is C28H29N3O5S. The lowest BCUT2D eigenvalue weighted by molar-refractivity contribution is -0.137. The van der Waals surface area contributed by atoms with Crippen LogP contribution in [0.3, 0.4) is 0 Å². The Kier molecular flexibility index (Phi) is 8.50. The molecule has 1 atom stereocenters. The zero-order valence-electron chi connectivity index (χ0n) is 20.9. The summed E-state index contributed by atoms with van der Waals surface area (Å²) in [6.45, 7) is 2.52. The summed E-state index contributed by atoms with van der Waals surface area (Å²) in [6.07, 6.45) is 0. The number of nitrogens with zero attached hydrogens (tertiary/aromatic N) is 1. The molecular weight excluding hydrogens is 490 g/mol. The van der Waals surface area contributed by atoms with E-state index in [-0.39, 0.29) is 12.2 Å². The highest BCUT2D eigenvalue weighted by Crippen LogP contribution is 2.44. The molecule has 9 heteroatoms. The van der Waals surface area contributed by atoms with Crippen LogP contribution in [0.1, 0.15) is 18.4 Å². The van der Waals surface area contributed by atoms with E-state index in [1.54, 1.807) is 6.92 Å². The van der Waals surface area contributed by atoms with E-state index in [0.29, 0.717) is 30.1 Å². The number of nitrogens with two attached hydrogens (primary N) is 1. The fourth-order valence-electron chi connectivity index (χ4n) is 4.39. The predicted octanol–water partition coefficient (Wildman–Crippen LogP) is 4.01. The smallest absolute Gasteiger partial charge is 0.336 e. The van der Waals surface area contributed by atoms with Gasteiger partial charge in [-0.25, -0.2) is 14.6 Å². The summed E-state index contributed by atoms with van der Waals surface area (Å²) >= 11 is 1.50. The van der Waals surface area contributed by atoms with Crippen LogP contribution < -0.4 is 11.1 Å². The van der Waals surface area contributed by atoms with Crippen LogP contribution in [0.25, 0.3) is 21.8 Å². The number of benzene rings is 2. The van der Waals surface area contributed by atoms with Crippen LogP contribution in [0, 0.1) is 0 Å². The molecule has 1 aliphatic rings. The zero-order valence-corrected chi connectivity index (χ0v) is 21.8. The highest BCUT2D eigenvalue weighted by Gasteiger charge is 2.40. The number of thiazole rings is 1. The molecule has 1 unspecified atom stereocenters. The average Bonchev–Trinajstić information content (AvgIpc) is 3.43. The number of hydrogen-bond donors (Lipinski definition) is 2. The maximum absolute atomic E-state index is 13.2. The molecule has 2 heterocycles. The number of rotatable bonds is 9. The van der Waals surface area contributed by atoms with Crippen LogP contribution >= 0.6 is 11.3 Å². The van der Waals surface area contributed by atoms with Crippen molar-refractivity contribution in [3.05, 3.63) is 88.1 Å². The number of ether oxygens (including phenoxy) is 3. The molecule has 3 aromatic rings. The van der Waals surface area contributed by atoms with E-state index in [4.69, 9.17) is 24.9 Å². The van der Waals surface area contributed by atoms with E-state index in [9.17, 15) is 9.59 Å². The van der Waals surface area contributed by atoms with Gasteiger partial charge in [-0.3, -0.25) is 0 Å². The lowest BCUT2D eigenvalue weighted by atomic mass is 9.78. The van der Waals surface area contributed by atoms with Crippen molar-refractivity contribution < 1.29 is 23.8 Å². The van der Waals surface area contributed by atoms with E-state index in [0.717, 1.165) is 27.4 Å². The molecule has 0 saturated carbocycles. The first-order valence-corrected chi connectivity index (χ1v) is 12.6. The van der Waals surface area contributed by atoms with Crippen molar-refractivity contribution in [3.8, 4) is 21.8 Å². The van der Waals surface area contributed by atoms with Crippen molar-refractivity contribution in [2.24, 2.45) is 5.73 Å². The van der Waals surface area contributed by atoms with Crippen molar-refractivity contribution in [2.75, 3.05) is 34.0 Å². The molecule has 1 aliphatic heterocycles. The van der Waals surface area contributed by atoms with E-state index >= 15 is 0 Å². The Morgan fingerprint density at radius 3 is 2.38 bits per heavy atom. The van der Waals surface area contributed by atoms with Gasteiger partial charge in [0.05, 0.1) is 55.9 Å². The van der Waals surface area contributed by atoms with Crippen LogP contribution in [0.4, 0.5) is 0 Å². The fraction of sp³-hybridized carbons (Fsp3) is 0.250. The number of dihydropyridines is 1. The fourth-order valence-corrected chi connectivity index (χ4v) is 5.27. The molecule has 3 N–H and O–H groups in total. The predicted molar refractivity (Wildman–Crippen MR) is 142 cm³/mol. The minimum absolute atomic E-state index is 0.0987. The summed E-state index contributed by atoms with van der Waals surface area (Å²) in [5.74, 6) is -1.88. The van der Waals surface area contributed by atoms with Gasteiger partial charge < -0.3 is 25.3 Å². The van der Waals surface area contributed by atoms with Crippen LogP contribution in [0.15, 0.2) is 82.5 Å². The summed E-state index contributed by atoms with van der Waals surface area (Å²) in [6, 6.07) is 17.5. The van der Waals surface area contributed by atoms with Crippen molar-refractivity contribution in [3.63, 3.8) is 0 Å². The Bertz CT molecular complexity index is 1350. The van der Waals surface area contributed by atoms with Gasteiger partial charge in [0.2, 0.25) is 0 Å². The van der Waals surface area contributed by atoms with Gasteiger partial charge in [0.1, 0.15) is 5.01 Å². The molecule has 192 valence electrons. The number of carbonyl (C=O) groups excluding carboxylic acids is 2. The van der Waals surface area contributed by atoms with Crippen LogP contribution in [0.5, 0.6) is 0 Å². The van der Waals surface area contributed by atoms with Gasteiger partial charge in [-0.2, -0.15) is 0 Å². The molecule has 1 aromatic heterocycles. The summed E-state index contributed by atoms with van der Waals surface area (Å²) in [5.41, 5.74) is 10.6. The van der Waals surface area contributed by atoms with E-state index in [1.807, 2.05) is 60.0 Å². The normalized spacial score (nSPS) is 15.4. The van der Waals surface area contributed by atoms with Crippen molar-refractivity contribution in [1.82, 2.24) is 10.3 Å². The van der Waals surface area contributed by atoms with Gasteiger partial charge in [0.15, 0.2) is 0 Å². The Balaban J connectivity index is 1.89. The van der Waals surface area contributed by atoms with Gasteiger partial charge >= 0.3 is 11.9 Å². The van der Waals surface area contributed by atoms with Crippen LogP contribution in [0.2, 0.25) is 0 Å². The number of methoxy groups -OCH3 is 2. The monoisotopic (exact) mass is 519 g/mol. The Morgan fingerprint density at radius 1 is 1.00 bits per heavy atom. The zero-order chi connectivity index (χ0) is 26.4. The second-order valence-electron chi connectivity index (χ2n) is 8.30. The van der Waals surface area contributed by atoms with Gasteiger partial charge in [0, 0.05) is 28.7 Å². The first kappa shape index (κ1) is 26.3. The molecule has 0 radical (unpaired) electrons. The number of hydrogen-bond acceptors (Lipinski definition) is 9. The highest BCUT2D eigenvalue weighted by molar-refractivity contribution is 7.13. The third kappa shape index (κ3) is 5.48. The third-order valence-corrected chi connectivity index (χ3v) is 6.92. The van der Waals surface area contributed by atoms with E-state index in [2.05, 4.69) is 5.32 Å². The first-order chi connectivity index (χ1) is 18.0. The summed E-state index contributed by atoms with van der Waals surface area (Å²) in [5, 5.41) is 5.93. The van der Waals surface area contributed by atoms with Crippen molar-refractivity contribution in [1.29, 1.82) is 0 Å². The Hall–Kier alpha value is -3.79. The summed E-state index contributed by atoms with van der Waals surface area (Å²) in [4.78, 5) is 31.2. The lowest BCUT2D eigenvalue weighted by Crippen LogP contribution is -2.34. The number of aromatic nitrogens is 1. The number of allylic oxidation sites excluding steroid dienone is 1. The standard InChI is InChI=1S/C28H29N3O5S/c1-17-23(27(32)34-2)24(25(28(33)35-3)21(30-17)15-36-14-13-29)19-11-7-8-12-20(19)26-31-22(16-37-26)18-9-5-4-6-10-18/h4-12,16,24,30H,13-15,29H2,1-3H3. The number of carbonyl (C=O) groups is 2. The van der Waals surface area contributed by atoms with Gasteiger partial charge in [-0.1, -0.05) is 54.6 Å². The van der Waals surface area contributed by atoms with Crippen LogP contribution in [-0.4, -0.2) is 50.9 Å². The summed E-state index contributed by atoms with van der Waals surface area (Å²) in [7, 11) is 2.63. The van der Waals surface area contributed by atoms with Crippen molar-refractivity contribution >= 4 is 23.3 Å². The quantitative estimate of drug-likeness (QED) is 0.322. The largest absolute Gasteiger partial charge is 0.466 e. The number of nitrogens with one attached hydrogen (secondary N) is 1. The minimum atomic E-state index is -0.766. The molecule has 8 nitrogen and oxygen atoms in total. The minimum Gasteiger partial charge on any atom is -0.466 e. The molecule has 0 aliphatic carbocycles. The maximum Gasteiger partial charge on any atom is 0.336 e. The van der Waals surface area contributed by atoms with Gasteiger partial charge in [0.25, 0.3) is 0 Å². The Morgan fingerprint density at radius 2 is 1.68 bits per heavy atom. The van der Waals surface area contributed by atoms with Gasteiger partial charge in [-0.05, 0) is 12.5 Å². The molecule has 0 bridgehead atoms. The number of esters is 2. The SMILES string of the molecule is COC(=O)C1=C(C)NC(COCCN)=C(C(=O)OC)C1c1ccccc1-c1nc(-c2ccccc2)cs1. The summed E-state index contributed by atoms with van der Waals surface area (Å²) < 4.78 is 16.0. The van der Waals surface area contributed by atoms with E-state index < -0.39 is 17.9 Å². The third-order valence-electron chi connectivity index (χ3n) is 6.04. The molecule has 0 saturated heterocycles. The van der Waals surface area contributed by atoms with Crippen molar-refractivity contribution in [2.45, 2.75) is 12.8 Å². The molecule has 0 amide bonds. The molecule has 4 rings (SSSR count). The second-order valence-corrected chi connectivity index (χ2v) is 9.16. The molecule has 0 spiro atoms. The lowest BCUT2D eigenvalue weighted by Gasteiger charge is -2.32. The maximum atomic E-state index is 13.2. The molecule has 2 aromatic carbocycles. The highest BCUT2D eigenvalue weighted by atomic mass is 32.1.